The van der Waals surface area contributed by atoms with E-state index in [4.69, 9.17) is 9.47 Å². The van der Waals surface area contributed by atoms with Crippen molar-refractivity contribution in [2.75, 3.05) is 6.61 Å². The van der Waals surface area contributed by atoms with Crippen molar-refractivity contribution >= 4 is 5.97 Å². The molecular formula is C8H12O3. The molecule has 1 aliphatic rings. The molecule has 1 atom stereocenters. The Balaban J connectivity index is 2.34. The van der Waals surface area contributed by atoms with Gasteiger partial charge in [0.05, 0.1) is 12.9 Å². The molecule has 0 saturated carbocycles. The van der Waals surface area contributed by atoms with Crippen LogP contribution in [0.4, 0.5) is 0 Å². The van der Waals surface area contributed by atoms with E-state index in [1.165, 1.54) is 0 Å². The van der Waals surface area contributed by atoms with Crippen molar-refractivity contribution in [2.45, 2.75) is 25.9 Å². The molecule has 0 amide bonds. The number of hydrogen-bond donors (Lipinski definition) is 0. The van der Waals surface area contributed by atoms with Crippen LogP contribution in [0.15, 0.2) is 12.3 Å². The molecule has 0 saturated heterocycles. The first kappa shape index (κ1) is 8.11. The predicted molar refractivity (Wildman–Crippen MR) is 39.9 cm³/mol. The van der Waals surface area contributed by atoms with Gasteiger partial charge in [0.2, 0.25) is 0 Å². The first-order chi connectivity index (χ1) is 5.34. The van der Waals surface area contributed by atoms with Crippen LogP contribution in [0.25, 0.3) is 0 Å². The van der Waals surface area contributed by atoms with Gasteiger partial charge in [-0.05, 0) is 25.8 Å². The van der Waals surface area contributed by atoms with Crippen molar-refractivity contribution in [3.63, 3.8) is 0 Å². The van der Waals surface area contributed by atoms with Gasteiger partial charge in [0.1, 0.15) is 0 Å². The van der Waals surface area contributed by atoms with E-state index in [1.807, 2.05) is 6.08 Å². The Kier molecular flexibility index (Phi) is 2.95. The summed E-state index contributed by atoms with van der Waals surface area (Å²) in [5, 5.41) is 0. The smallest absolute Gasteiger partial charge is 0.347 e. The minimum absolute atomic E-state index is 0.253. The first-order valence-electron chi connectivity index (χ1n) is 3.81. The molecule has 0 aromatic rings. The molecule has 0 radical (unpaired) electrons. The zero-order valence-corrected chi connectivity index (χ0v) is 6.58. The van der Waals surface area contributed by atoms with Gasteiger partial charge < -0.3 is 9.47 Å². The second kappa shape index (κ2) is 4.01. The fraction of sp³-hybridized carbons (Fsp3) is 0.625. The lowest BCUT2D eigenvalue weighted by Gasteiger charge is -2.16. The van der Waals surface area contributed by atoms with Crippen molar-refractivity contribution in [1.82, 2.24) is 0 Å². The summed E-state index contributed by atoms with van der Waals surface area (Å²) in [4.78, 5) is 11.0. The van der Waals surface area contributed by atoms with Crippen molar-refractivity contribution in [3.8, 4) is 0 Å². The van der Waals surface area contributed by atoms with Gasteiger partial charge in [-0.15, -0.1) is 0 Å². The third-order valence-corrected chi connectivity index (χ3v) is 1.48. The molecule has 62 valence electrons. The lowest BCUT2D eigenvalue weighted by atomic mass is 10.2. The van der Waals surface area contributed by atoms with Gasteiger partial charge >= 0.3 is 5.97 Å². The number of hydrogen-bond acceptors (Lipinski definition) is 3. The summed E-state index contributed by atoms with van der Waals surface area (Å²) >= 11 is 0. The van der Waals surface area contributed by atoms with Crippen LogP contribution in [0.2, 0.25) is 0 Å². The van der Waals surface area contributed by atoms with E-state index in [1.54, 1.807) is 13.2 Å². The van der Waals surface area contributed by atoms with Crippen LogP contribution in [0.5, 0.6) is 0 Å². The van der Waals surface area contributed by atoms with E-state index in [2.05, 4.69) is 0 Å². The average molecular weight is 156 g/mol. The molecule has 0 aromatic heterocycles. The van der Waals surface area contributed by atoms with Crippen molar-refractivity contribution in [3.05, 3.63) is 12.3 Å². The van der Waals surface area contributed by atoms with Crippen LogP contribution < -0.4 is 0 Å². The third kappa shape index (κ3) is 2.26. The molecular weight excluding hydrogens is 144 g/mol. The van der Waals surface area contributed by atoms with Crippen LogP contribution >= 0.6 is 0 Å². The predicted octanol–water partition coefficient (Wildman–Crippen LogP) is 1.24. The Morgan fingerprint density at radius 1 is 1.82 bits per heavy atom. The fourth-order valence-corrected chi connectivity index (χ4v) is 0.943. The summed E-state index contributed by atoms with van der Waals surface area (Å²) in [5.74, 6) is -0.253. The normalized spacial score (nSPS) is 22.5. The molecule has 0 bridgehead atoms. The molecule has 0 fully saturated rings. The minimum atomic E-state index is -0.375. The summed E-state index contributed by atoms with van der Waals surface area (Å²) in [6.07, 6.45) is 4.71. The van der Waals surface area contributed by atoms with Crippen LogP contribution in [0, 0.1) is 0 Å². The van der Waals surface area contributed by atoms with Gasteiger partial charge in [-0.25, -0.2) is 4.79 Å². The quantitative estimate of drug-likeness (QED) is 0.564. The maximum atomic E-state index is 11.0. The second-order valence-electron chi connectivity index (χ2n) is 2.33. The van der Waals surface area contributed by atoms with Crippen LogP contribution in [-0.2, 0) is 14.3 Å². The minimum Gasteiger partial charge on any atom is -0.487 e. The Morgan fingerprint density at radius 3 is 3.18 bits per heavy atom. The lowest BCUT2D eigenvalue weighted by molar-refractivity contribution is -0.154. The van der Waals surface area contributed by atoms with E-state index >= 15 is 0 Å². The molecule has 0 unspecified atom stereocenters. The maximum absolute atomic E-state index is 11.0. The maximum Gasteiger partial charge on any atom is 0.347 e. The largest absolute Gasteiger partial charge is 0.487 e. The van der Waals surface area contributed by atoms with Gasteiger partial charge in [0, 0.05) is 0 Å². The van der Waals surface area contributed by atoms with E-state index in [0.717, 1.165) is 12.8 Å². The molecule has 3 nitrogen and oxygen atoms in total. The zero-order chi connectivity index (χ0) is 8.10. The van der Waals surface area contributed by atoms with Crippen LogP contribution in [0.1, 0.15) is 19.8 Å². The highest BCUT2D eigenvalue weighted by Crippen LogP contribution is 2.11. The molecule has 1 heterocycles. The number of ether oxygens (including phenoxy) is 2. The first-order valence-corrected chi connectivity index (χ1v) is 3.81. The second-order valence-corrected chi connectivity index (χ2v) is 2.33. The number of carbonyl (C=O) groups excluding carboxylic acids is 1. The molecule has 0 N–H and O–H groups in total. The van der Waals surface area contributed by atoms with E-state index < -0.39 is 0 Å². The SMILES string of the molecule is CCOC(=O)[C@@H]1CCC=CO1. The number of carbonyl (C=O) groups is 1. The number of allylic oxidation sites excluding steroid dienone is 1. The van der Waals surface area contributed by atoms with Crippen molar-refractivity contribution < 1.29 is 14.3 Å². The molecule has 11 heavy (non-hydrogen) atoms. The standard InChI is InChI=1S/C8H12O3/c1-2-10-8(9)7-5-3-4-6-11-7/h4,6-7H,2-3,5H2,1H3/t7-/m0/s1. The van der Waals surface area contributed by atoms with Crippen molar-refractivity contribution in [2.24, 2.45) is 0 Å². The Labute approximate surface area is 66.0 Å². The van der Waals surface area contributed by atoms with Crippen molar-refractivity contribution in [1.29, 1.82) is 0 Å². The summed E-state index contributed by atoms with van der Waals surface area (Å²) in [6.45, 7) is 2.21. The van der Waals surface area contributed by atoms with Gasteiger partial charge in [-0.3, -0.25) is 0 Å². The fourth-order valence-electron chi connectivity index (χ4n) is 0.943. The lowest BCUT2D eigenvalue weighted by Crippen LogP contribution is -2.26. The Bertz CT molecular complexity index is 163. The van der Waals surface area contributed by atoms with Gasteiger partial charge in [0.25, 0.3) is 0 Å². The topological polar surface area (TPSA) is 35.5 Å². The highest BCUT2D eigenvalue weighted by Gasteiger charge is 2.20. The number of esters is 1. The van der Waals surface area contributed by atoms with E-state index in [0.29, 0.717) is 6.61 Å². The monoisotopic (exact) mass is 156 g/mol. The Morgan fingerprint density at radius 2 is 2.64 bits per heavy atom. The molecule has 0 spiro atoms. The van der Waals surface area contributed by atoms with E-state index in [9.17, 15) is 4.79 Å². The van der Waals surface area contributed by atoms with E-state index in [-0.39, 0.29) is 12.1 Å². The van der Waals surface area contributed by atoms with Gasteiger partial charge in [-0.2, -0.15) is 0 Å². The summed E-state index contributed by atoms with van der Waals surface area (Å²) in [5.41, 5.74) is 0. The number of rotatable bonds is 2. The highest BCUT2D eigenvalue weighted by molar-refractivity contribution is 5.74. The summed E-state index contributed by atoms with van der Waals surface area (Å²) in [7, 11) is 0. The summed E-state index contributed by atoms with van der Waals surface area (Å²) < 4.78 is 9.82. The Hall–Kier alpha value is -0.990. The highest BCUT2D eigenvalue weighted by atomic mass is 16.6. The zero-order valence-electron chi connectivity index (χ0n) is 6.58. The molecule has 1 rings (SSSR count). The molecule has 3 heteroatoms. The molecule has 0 aromatic carbocycles. The van der Waals surface area contributed by atoms with Crippen LogP contribution in [-0.4, -0.2) is 18.7 Å². The molecule has 0 aliphatic carbocycles. The van der Waals surface area contributed by atoms with Gasteiger partial charge in [-0.1, -0.05) is 0 Å². The average Bonchev–Trinajstić information content (AvgIpc) is 2.07. The van der Waals surface area contributed by atoms with Gasteiger partial charge in [0.15, 0.2) is 6.10 Å². The third-order valence-electron chi connectivity index (χ3n) is 1.48. The summed E-state index contributed by atoms with van der Waals surface area (Å²) in [6, 6.07) is 0. The molecule has 1 aliphatic heterocycles. The van der Waals surface area contributed by atoms with Crippen LogP contribution in [0.3, 0.4) is 0 Å².